The highest BCUT2D eigenvalue weighted by Gasteiger charge is 2.44. The number of hydrogen-bond acceptors (Lipinski definition) is 8. The summed E-state index contributed by atoms with van der Waals surface area (Å²) in [6, 6.07) is -0.825. The van der Waals surface area contributed by atoms with Crippen LogP contribution in [0.2, 0.25) is 0 Å². The molecule has 0 spiro atoms. The summed E-state index contributed by atoms with van der Waals surface area (Å²) in [5, 5.41) is 54.2. The molecular weight excluding hydrogens is 791 g/mol. The molecule has 0 aromatic rings. The van der Waals surface area contributed by atoms with Gasteiger partial charge in [-0.2, -0.15) is 0 Å². The van der Waals surface area contributed by atoms with Gasteiger partial charge in [0, 0.05) is 6.42 Å². The van der Waals surface area contributed by atoms with Crippen LogP contribution in [0.15, 0.2) is 85.1 Å². The number of nitrogens with one attached hydrogen (secondary N) is 1. The van der Waals surface area contributed by atoms with Gasteiger partial charge in [-0.05, 0) is 77.0 Å². The molecule has 0 radical (unpaired) electrons. The molecule has 1 heterocycles. The summed E-state index contributed by atoms with van der Waals surface area (Å²) < 4.78 is 11.2. The molecular formula is C54H93NO8. The Labute approximate surface area is 384 Å². The maximum absolute atomic E-state index is 13.0. The summed E-state index contributed by atoms with van der Waals surface area (Å²) >= 11 is 0. The van der Waals surface area contributed by atoms with E-state index < -0.39 is 49.5 Å². The normalized spacial score (nSPS) is 20.9. The van der Waals surface area contributed by atoms with E-state index >= 15 is 0 Å². The zero-order valence-electron chi connectivity index (χ0n) is 39.8. The smallest absolute Gasteiger partial charge is 0.220 e. The molecule has 7 atom stereocenters. The Morgan fingerprint density at radius 1 is 0.556 bits per heavy atom. The Morgan fingerprint density at radius 2 is 1.00 bits per heavy atom. The van der Waals surface area contributed by atoms with Gasteiger partial charge >= 0.3 is 0 Å². The van der Waals surface area contributed by atoms with E-state index in [9.17, 15) is 30.3 Å². The van der Waals surface area contributed by atoms with Gasteiger partial charge in [-0.3, -0.25) is 4.79 Å². The fourth-order valence-electron chi connectivity index (χ4n) is 7.43. The number of ether oxygens (including phenoxy) is 2. The monoisotopic (exact) mass is 884 g/mol. The first-order valence-electron chi connectivity index (χ1n) is 25.3. The first-order valence-corrected chi connectivity index (χ1v) is 25.3. The quantitative estimate of drug-likeness (QED) is 0.0263. The second-order valence-corrected chi connectivity index (χ2v) is 17.2. The first-order chi connectivity index (χ1) is 30.8. The number of carbonyl (C=O) groups is 1. The summed E-state index contributed by atoms with van der Waals surface area (Å²) in [6.45, 7) is 3.60. The number of amides is 1. The van der Waals surface area contributed by atoms with Gasteiger partial charge in [0.05, 0.1) is 25.4 Å². The van der Waals surface area contributed by atoms with E-state index in [0.717, 1.165) is 70.6 Å². The molecule has 0 bridgehead atoms. The highest BCUT2D eigenvalue weighted by molar-refractivity contribution is 5.76. The SMILES string of the molecule is CC/C=C\C/C=C\C/C=C\C/C=C\C/C=C\CCCCCCCCCCCCCCCC(=O)NC(COC1OC(CO)C(O)C(O)C1O)C(O)/C=C/CC/C=C/CCCCCCC. The van der Waals surface area contributed by atoms with Gasteiger partial charge in [0.1, 0.15) is 24.4 Å². The molecule has 1 aliphatic rings. The van der Waals surface area contributed by atoms with Gasteiger partial charge in [-0.25, -0.2) is 0 Å². The Hall–Kier alpha value is -2.63. The summed E-state index contributed by atoms with van der Waals surface area (Å²) in [7, 11) is 0. The Morgan fingerprint density at radius 3 is 1.52 bits per heavy atom. The Kier molecular flexibility index (Phi) is 40.1. The number of carbonyl (C=O) groups excluding carboxylic acids is 1. The van der Waals surface area contributed by atoms with Gasteiger partial charge in [0.25, 0.3) is 0 Å². The lowest BCUT2D eigenvalue weighted by Crippen LogP contribution is -2.60. The van der Waals surface area contributed by atoms with Gasteiger partial charge in [0.2, 0.25) is 5.91 Å². The second-order valence-electron chi connectivity index (χ2n) is 17.2. The van der Waals surface area contributed by atoms with Crippen LogP contribution in [0.5, 0.6) is 0 Å². The van der Waals surface area contributed by atoms with Crippen molar-refractivity contribution in [3.05, 3.63) is 85.1 Å². The van der Waals surface area contributed by atoms with Gasteiger partial charge in [-0.15, -0.1) is 0 Å². The predicted octanol–water partition coefficient (Wildman–Crippen LogP) is 11.5. The summed E-state index contributed by atoms with van der Waals surface area (Å²) in [5.74, 6) is -0.194. The average molecular weight is 884 g/mol. The molecule has 9 nitrogen and oxygen atoms in total. The minimum absolute atomic E-state index is 0.194. The van der Waals surface area contributed by atoms with Crippen LogP contribution in [0.3, 0.4) is 0 Å². The van der Waals surface area contributed by atoms with Crippen molar-refractivity contribution < 1.29 is 39.8 Å². The summed E-state index contributed by atoms with van der Waals surface area (Å²) in [5.41, 5.74) is 0. The highest BCUT2D eigenvalue weighted by atomic mass is 16.7. The van der Waals surface area contributed by atoms with Crippen LogP contribution in [0, 0.1) is 0 Å². The fraction of sp³-hybridized carbons (Fsp3) is 0.722. The van der Waals surface area contributed by atoms with E-state index in [1.54, 1.807) is 6.08 Å². The van der Waals surface area contributed by atoms with Crippen molar-refractivity contribution in [2.75, 3.05) is 13.2 Å². The summed E-state index contributed by atoms with van der Waals surface area (Å²) in [4.78, 5) is 13.0. The van der Waals surface area contributed by atoms with E-state index in [1.165, 1.54) is 103 Å². The number of aliphatic hydroxyl groups excluding tert-OH is 5. The zero-order chi connectivity index (χ0) is 45.9. The predicted molar refractivity (Wildman–Crippen MR) is 262 cm³/mol. The van der Waals surface area contributed by atoms with Crippen molar-refractivity contribution >= 4 is 5.91 Å². The first kappa shape index (κ1) is 58.4. The van der Waals surface area contributed by atoms with E-state index in [2.05, 4.69) is 92.1 Å². The third-order valence-electron chi connectivity index (χ3n) is 11.5. The van der Waals surface area contributed by atoms with Crippen LogP contribution >= 0.6 is 0 Å². The van der Waals surface area contributed by atoms with Crippen LogP contribution in [-0.2, 0) is 14.3 Å². The molecule has 6 N–H and O–H groups in total. The van der Waals surface area contributed by atoms with Crippen molar-refractivity contribution in [1.82, 2.24) is 5.32 Å². The number of allylic oxidation sites excluding steroid dienone is 13. The molecule has 9 heteroatoms. The van der Waals surface area contributed by atoms with Gasteiger partial charge < -0.3 is 40.3 Å². The van der Waals surface area contributed by atoms with Crippen molar-refractivity contribution in [3.8, 4) is 0 Å². The highest BCUT2D eigenvalue weighted by Crippen LogP contribution is 2.22. The number of unbranched alkanes of at least 4 members (excludes halogenated alkanes) is 19. The molecule has 1 amide bonds. The van der Waals surface area contributed by atoms with E-state index in [0.29, 0.717) is 6.42 Å². The summed E-state index contributed by atoms with van der Waals surface area (Å²) in [6.07, 6.45) is 53.6. The van der Waals surface area contributed by atoms with Gasteiger partial charge in [0.15, 0.2) is 6.29 Å². The lowest BCUT2D eigenvalue weighted by atomic mass is 9.99. The molecule has 1 fully saturated rings. The standard InChI is InChI=1S/C54H93NO8/c1-3-5-7-9-11-13-15-16-17-18-19-20-21-22-23-24-25-26-27-28-29-30-31-32-34-36-38-40-42-44-50(58)55-47(46-62-54-53(61)52(60)51(59)49(45-56)63-54)48(57)43-41-39-37-35-33-14-12-10-8-6-4-2/h5,7,11,13,16-17,19-20,22-23,33,35,41,43,47-49,51-54,56-57,59-61H,3-4,6,8-10,12,14-15,18,21,24-32,34,36-40,42,44-46H2,1-2H3,(H,55,58)/b7-5-,13-11-,17-16-,20-19-,23-22-,35-33+,43-41+. The number of aliphatic hydroxyl groups is 5. The molecule has 1 aliphatic heterocycles. The Bertz CT molecular complexity index is 1260. The second kappa shape index (κ2) is 43.3. The number of rotatable bonds is 41. The van der Waals surface area contributed by atoms with Crippen molar-refractivity contribution in [2.45, 2.75) is 236 Å². The van der Waals surface area contributed by atoms with Crippen LogP contribution in [-0.4, -0.2) is 87.5 Å². The lowest BCUT2D eigenvalue weighted by molar-refractivity contribution is -0.302. The minimum atomic E-state index is -1.57. The zero-order valence-corrected chi connectivity index (χ0v) is 39.8. The third-order valence-corrected chi connectivity index (χ3v) is 11.5. The molecule has 1 saturated heterocycles. The molecule has 63 heavy (non-hydrogen) atoms. The van der Waals surface area contributed by atoms with E-state index in [1.807, 2.05) is 6.08 Å². The van der Waals surface area contributed by atoms with Crippen LogP contribution in [0.1, 0.15) is 194 Å². The minimum Gasteiger partial charge on any atom is -0.394 e. The molecule has 0 aromatic heterocycles. The largest absolute Gasteiger partial charge is 0.394 e. The van der Waals surface area contributed by atoms with E-state index in [4.69, 9.17) is 9.47 Å². The maximum atomic E-state index is 13.0. The maximum Gasteiger partial charge on any atom is 0.220 e. The molecule has 0 aliphatic carbocycles. The van der Waals surface area contributed by atoms with Crippen LogP contribution in [0.4, 0.5) is 0 Å². The average Bonchev–Trinajstić information content (AvgIpc) is 3.28. The van der Waals surface area contributed by atoms with Crippen molar-refractivity contribution in [3.63, 3.8) is 0 Å². The van der Waals surface area contributed by atoms with Crippen molar-refractivity contribution in [1.29, 1.82) is 0 Å². The molecule has 1 rings (SSSR count). The number of hydrogen-bond donors (Lipinski definition) is 6. The third kappa shape index (κ3) is 33.5. The fourth-order valence-corrected chi connectivity index (χ4v) is 7.43. The van der Waals surface area contributed by atoms with E-state index in [-0.39, 0.29) is 12.5 Å². The molecule has 0 saturated carbocycles. The van der Waals surface area contributed by atoms with Crippen LogP contribution < -0.4 is 5.32 Å². The van der Waals surface area contributed by atoms with Gasteiger partial charge in [-0.1, -0.05) is 195 Å². The Balaban J connectivity index is 2.20. The molecule has 0 aromatic carbocycles. The lowest BCUT2D eigenvalue weighted by Gasteiger charge is -2.40. The topological polar surface area (TPSA) is 149 Å². The molecule has 7 unspecified atom stereocenters. The van der Waals surface area contributed by atoms with Crippen molar-refractivity contribution in [2.24, 2.45) is 0 Å². The van der Waals surface area contributed by atoms with Crippen LogP contribution in [0.25, 0.3) is 0 Å². The molecule has 362 valence electrons.